The summed E-state index contributed by atoms with van der Waals surface area (Å²) >= 11 is 0. The number of carbonyl (C=O) groups is 1. The number of ether oxygens (including phenoxy) is 2. The van der Waals surface area contributed by atoms with Crippen molar-refractivity contribution >= 4 is 28.4 Å². The lowest BCUT2D eigenvalue weighted by molar-refractivity contribution is -0.384. The van der Waals surface area contributed by atoms with E-state index < -0.39 is 4.92 Å². The summed E-state index contributed by atoms with van der Waals surface area (Å²) in [6.45, 7) is -0.00294. The van der Waals surface area contributed by atoms with Gasteiger partial charge in [-0.3, -0.25) is 25.3 Å². The first kappa shape index (κ1) is 19.9. The third kappa shape index (κ3) is 4.01. The van der Waals surface area contributed by atoms with E-state index in [4.69, 9.17) is 9.47 Å². The number of aromatic nitrogens is 4. The topological polar surface area (TPSA) is 137 Å². The maximum absolute atomic E-state index is 12.5. The van der Waals surface area contributed by atoms with Gasteiger partial charge in [0.1, 0.15) is 18.0 Å². The molecule has 2 aromatic carbocycles. The minimum absolute atomic E-state index is 0.00286. The van der Waals surface area contributed by atoms with E-state index in [0.717, 1.165) is 0 Å². The normalized spacial score (nSPS) is 10.8. The molecule has 11 nitrogen and oxygen atoms in total. The van der Waals surface area contributed by atoms with Crippen LogP contribution in [0, 0.1) is 10.1 Å². The van der Waals surface area contributed by atoms with Crippen molar-refractivity contribution in [1.29, 1.82) is 0 Å². The summed E-state index contributed by atoms with van der Waals surface area (Å²) in [6, 6.07) is 11.5. The summed E-state index contributed by atoms with van der Waals surface area (Å²) < 4.78 is 12.2. The number of benzene rings is 2. The number of hydrogen-bond donors (Lipinski definition) is 2. The maximum Gasteiger partial charge on any atom is 0.270 e. The number of aromatic amines is 1. The van der Waals surface area contributed by atoms with Crippen molar-refractivity contribution in [2.24, 2.45) is 0 Å². The Morgan fingerprint density at radius 2 is 2.03 bits per heavy atom. The average molecular weight is 422 g/mol. The van der Waals surface area contributed by atoms with Crippen molar-refractivity contribution < 1.29 is 19.2 Å². The van der Waals surface area contributed by atoms with Gasteiger partial charge in [-0.2, -0.15) is 4.98 Å². The minimum Gasteiger partial charge on any atom is -0.497 e. The molecule has 31 heavy (non-hydrogen) atoms. The Hall–Kier alpha value is -4.41. The van der Waals surface area contributed by atoms with Crippen molar-refractivity contribution in [3.63, 3.8) is 0 Å². The number of anilines is 1. The number of amides is 1. The lowest BCUT2D eigenvalue weighted by Crippen LogP contribution is -2.19. The number of methoxy groups -OCH3 is 2. The molecule has 0 spiro atoms. The van der Waals surface area contributed by atoms with E-state index >= 15 is 0 Å². The van der Waals surface area contributed by atoms with Crippen LogP contribution in [-0.4, -0.2) is 44.8 Å². The Morgan fingerprint density at radius 1 is 1.19 bits per heavy atom. The van der Waals surface area contributed by atoms with E-state index in [1.54, 1.807) is 48.2 Å². The van der Waals surface area contributed by atoms with Crippen molar-refractivity contribution in [1.82, 2.24) is 19.7 Å². The minimum atomic E-state index is -0.456. The number of rotatable bonds is 7. The molecule has 158 valence electrons. The van der Waals surface area contributed by atoms with Gasteiger partial charge < -0.3 is 14.0 Å². The van der Waals surface area contributed by atoms with E-state index in [0.29, 0.717) is 33.8 Å². The van der Waals surface area contributed by atoms with Gasteiger partial charge in [-0.05, 0) is 24.3 Å². The highest BCUT2D eigenvalue weighted by molar-refractivity contribution is 5.91. The van der Waals surface area contributed by atoms with Gasteiger partial charge in [-0.25, -0.2) is 0 Å². The van der Waals surface area contributed by atoms with Crippen molar-refractivity contribution in [3.8, 4) is 22.9 Å². The Morgan fingerprint density at radius 3 is 2.77 bits per heavy atom. The molecule has 0 bridgehead atoms. The average Bonchev–Trinajstić information content (AvgIpc) is 3.39. The van der Waals surface area contributed by atoms with Gasteiger partial charge in [0, 0.05) is 35.3 Å². The number of non-ortho nitro benzene ring substituents is 1. The summed E-state index contributed by atoms with van der Waals surface area (Å²) in [5, 5.41) is 21.0. The zero-order valence-electron chi connectivity index (χ0n) is 16.7. The summed E-state index contributed by atoms with van der Waals surface area (Å²) in [7, 11) is 3.10. The van der Waals surface area contributed by atoms with Crippen LogP contribution in [0.3, 0.4) is 0 Å². The number of hydrogen-bond acceptors (Lipinski definition) is 7. The van der Waals surface area contributed by atoms with Gasteiger partial charge in [-0.15, -0.1) is 5.10 Å². The molecule has 2 aromatic heterocycles. The number of nitrogens with one attached hydrogen (secondary N) is 2. The zero-order chi connectivity index (χ0) is 22.0. The second-order valence-electron chi connectivity index (χ2n) is 6.57. The SMILES string of the molecule is COc1ccc(-c2nc(NC(=O)Cn3ccc4cc([N+](=O)[O-])ccc43)n[nH]2)c(OC)c1. The number of fused-ring (bicyclic) bond motifs is 1. The second-order valence-corrected chi connectivity index (χ2v) is 6.57. The van der Waals surface area contributed by atoms with Gasteiger partial charge >= 0.3 is 0 Å². The highest BCUT2D eigenvalue weighted by Crippen LogP contribution is 2.31. The van der Waals surface area contributed by atoms with Crippen LogP contribution in [-0.2, 0) is 11.3 Å². The van der Waals surface area contributed by atoms with E-state index in [1.807, 2.05) is 0 Å². The Kier molecular flexibility index (Phi) is 5.22. The van der Waals surface area contributed by atoms with E-state index in [1.165, 1.54) is 19.2 Å². The van der Waals surface area contributed by atoms with E-state index in [9.17, 15) is 14.9 Å². The molecule has 0 saturated heterocycles. The van der Waals surface area contributed by atoms with Crippen molar-refractivity contribution in [3.05, 3.63) is 58.8 Å². The lowest BCUT2D eigenvalue weighted by Gasteiger charge is -2.08. The first-order valence-corrected chi connectivity index (χ1v) is 9.16. The Labute approximate surface area is 175 Å². The number of carbonyl (C=O) groups excluding carboxylic acids is 1. The molecule has 1 amide bonds. The molecule has 0 atom stereocenters. The van der Waals surface area contributed by atoms with Crippen molar-refractivity contribution in [2.45, 2.75) is 6.54 Å². The molecule has 4 aromatic rings. The largest absolute Gasteiger partial charge is 0.497 e. The summed E-state index contributed by atoms with van der Waals surface area (Å²) in [4.78, 5) is 27.2. The fourth-order valence-electron chi connectivity index (χ4n) is 3.19. The van der Waals surface area contributed by atoms with Crippen molar-refractivity contribution in [2.75, 3.05) is 19.5 Å². The number of nitro benzene ring substituents is 1. The Balaban J connectivity index is 1.49. The first-order chi connectivity index (χ1) is 15.0. The summed E-state index contributed by atoms with van der Waals surface area (Å²) in [5.41, 5.74) is 1.37. The molecular weight excluding hydrogens is 404 g/mol. The van der Waals surface area contributed by atoms with Crippen LogP contribution in [0.15, 0.2) is 48.7 Å². The number of nitro groups is 1. The van der Waals surface area contributed by atoms with Crippen LogP contribution in [0.1, 0.15) is 0 Å². The molecule has 0 aliphatic carbocycles. The summed E-state index contributed by atoms with van der Waals surface area (Å²) in [6.07, 6.45) is 1.69. The van der Waals surface area contributed by atoms with Crippen LogP contribution in [0.5, 0.6) is 11.5 Å². The van der Waals surface area contributed by atoms with Gasteiger partial charge in [0.25, 0.3) is 5.69 Å². The molecule has 2 heterocycles. The molecule has 0 aliphatic rings. The van der Waals surface area contributed by atoms with Crippen LogP contribution in [0.2, 0.25) is 0 Å². The fraction of sp³-hybridized carbons (Fsp3) is 0.150. The highest BCUT2D eigenvalue weighted by Gasteiger charge is 2.15. The zero-order valence-corrected chi connectivity index (χ0v) is 16.7. The van der Waals surface area contributed by atoms with E-state index in [2.05, 4.69) is 20.5 Å². The molecule has 0 radical (unpaired) electrons. The molecule has 11 heteroatoms. The molecule has 0 saturated carbocycles. The smallest absolute Gasteiger partial charge is 0.270 e. The lowest BCUT2D eigenvalue weighted by atomic mass is 10.2. The number of H-pyrrole nitrogens is 1. The van der Waals surface area contributed by atoms with Gasteiger partial charge in [-0.1, -0.05) is 0 Å². The highest BCUT2D eigenvalue weighted by atomic mass is 16.6. The predicted molar refractivity (Wildman–Crippen MR) is 112 cm³/mol. The quantitative estimate of drug-likeness (QED) is 0.345. The van der Waals surface area contributed by atoms with E-state index in [-0.39, 0.29) is 24.1 Å². The van der Waals surface area contributed by atoms with Crippen LogP contribution in [0.25, 0.3) is 22.3 Å². The standard InChI is InChI=1S/C20H18N6O5/c1-30-14-4-5-15(17(10-14)31-2)19-22-20(24-23-19)21-18(27)11-25-8-7-12-9-13(26(28)29)3-6-16(12)25/h3-10H,11H2,1-2H3,(H2,21,22,23,24,27). The molecule has 0 unspecified atom stereocenters. The third-order valence-corrected chi connectivity index (χ3v) is 4.68. The van der Waals surface area contributed by atoms with Crippen LogP contribution < -0.4 is 14.8 Å². The first-order valence-electron chi connectivity index (χ1n) is 9.16. The molecule has 2 N–H and O–H groups in total. The molecule has 0 aliphatic heterocycles. The number of nitrogens with zero attached hydrogens (tertiary/aromatic N) is 4. The third-order valence-electron chi connectivity index (χ3n) is 4.68. The predicted octanol–water partition coefficient (Wildman–Crippen LogP) is 2.99. The Bertz CT molecular complexity index is 1280. The maximum atomic E-state index is 12.5. The van der Waals surface area contributed by atoms with Crippen LogP contribution >= 0.6 is 0 Å². The monoisotopic (exact) mass is 422 g/mol. The van der Waals surface area contributed by atoms with Gasteiger partial charge in [0.2, 0.25) is 11.9 Å². The fourth-order valence-corrected chi connectivity index (χ4v) is 3.19. The molecule has 4 rings (SSSR count). The summed E-state index contributed by atoms with van der Waals surface area (Å²) in [5.74, 6) is 1.38. The van der Waals surface area contributed by atoms with Gasteiger partial charge in [0.05, 0.1) is 24.7 Å². The van der Waals surface area contributed by atoms with Gasteiger partial charge in [0.15, 0.2) is 5.82 Å². The second kappa shape index (κ2) is 8.14. The molecular formula is C20H18N6O5. The van der Waals surface area contributed by atoms with Crippen LogP contribution in [0.4, 0.5) is 11.6 Å². The molecule has 0 fully saturated rings.